The number of carbonyl (C=O) groups excluding carboxylic acids is 2. The third-order valence-electron chi connectivity index (χ3n) is 3.76. The molecule has 0 N–H and O–H groups in total. The third kappa shape index (κ3) is 4.97. The molecule has 1 aliphatic rings. The highest BCUT2D eigenvalue weighted by atomic mass is 32.2. The van der Waals surface area contributed by atoms with Crippen molar-refractivity contribution in [2.75, 3.05) is 12.9 Å². The van der Waals surface area contributed by atoms with Gasteiger partial charge in [0.1, 0.15) is 21.4 Å². The Balaban J connectivity index is 1.80. The summed E-state index contributed by atoms with van der Waals surface area (Å²) in [5.74, 6) is 0.573. The minimum atomic E-state index is -0.529. The van der Waals surface area contributed by atoms with Crippen LogP contribution in [0.5, 0.6) is 5.75 Å². The summed E-state index contributed by atoms with van der Waals surface area (Å²) in [5, 5.41) is 1.82. The number of methoxy groups -OCH3 is 1. The van der Waals surface area contributed by atoms with Gasteiger partial charge in [-0.25, -0.2) is 4.99 Å². The number of fused-ring (bicyclic) bond motifs is 1. The summed E-state index contributed by atoms with van der Waals surface area (Å²) in [6.07, 6.45) is 1.78. The molecule has 28 heavy (non-hydrogen) atoms. The Bertz CT molecular complexity index is 990. The fourth-order valence-corrected chi connectivity index (χ4v) is 4.30. The lowest BCUT2D eigenvalue weighted by atomic mass is 10.0. The molecule has 0 amide bonds. The van der Waals surface area contributed by atoms with Gasteiger partial charge in [-0.2, -0.15) is 0 Å². The monoisotopic (exact) mass is 415 g/mol. The second-order valence-electron chi connectivity index (χ2n) is 7.07. The zero-order valence-corrected chi connectivity index (χ0v) is 17.8. The number of carbonyl (C=O) groups is 2. The van der Waals surface area contributed by atoms with Gasteiger partial charge in [-0.05, 0) is 55.6 Å². The molecule has 1 heterocycles. The Morgan fingerprint density at radius 2 is 1.89 bits per heavy atom. The maximum absolute atomic E-state index is 12.3. The maximum atomic E-state index is 12.3. The molecule has 2 aromatic carbocycles. The van der Waals surface area contributed by atoms with E-state index in [1.807, 2.05) is 57.2 Å². The van der Waals surface area contributed by atoms with Crippen LogP contribution in [0.4, 0.5) is 0 Å². The molecule has 0 aromatic heterocycles. The van der Waals surface area contributed by atoms with E-state index in [-0.39, 0.29) is 16.8 Å². The van der Waals surface area contributed by atoms with Crippen molar-refractivity contribution < 1.29 is 19.1 Å². The standard InChI is InChI=1S/C21H21NO4S2/c1-21(2,3)26-18(23)12-27-20-22-16(19(24)28-20)11-13-9-10-17(25-4)15-8-6-5-7-14(13)15/h5-11H,12H2,1-4H3. The molecule has 5 nitrogen and oxygen atoms in total. The van der Waals surface area contributed by atoms with Crippen LogP contribution >= 0.6 is 23.5 Å². The lowest BCUT2D eigenvalue weighted by molar-refractivity contribution is -0.151. The molecule has 146 valence electrons. The van der Waals surface area contributed by atoms with Gasteiger partial charge in [0, 0.05) is 5.39 Å². The number of aliphatic imine (C=N–C) groups is 1. The first-order chi connectivity index (χ1) is 13.3. The molecule has 0 saturated carbocycles. The van der Waals surface area contributed by atoms with Gasteiger partial charge in [0.15, 0.2) is 0 Å². The van der Waals surface area contributed by atoms with Gasteiger partial charge in [0.05, 0.1) is 12.9 Å². The van der Waals surface area contributed by atoms with E-state index in [2.05, 4.69) is 4.99 Å². The summed E-state index contributed by atoms with van der Waals surface area (Å²) in [6.45, 7) is 5.46. The molecule has 0 spiro atoms. The van der Waals surface area contributed by atoms with E-state index in [1.165, 1.54) is 11.8 Å². The van der Waals surface area contributed by atoms with Gasteiger partial charge in [-0.1, -0.05) is 42.1 Å². The van der Waals surface area contributed by atoms with Crippen LogP contribution in [0.15, 0.2) is 47.1 Å². The van der Waals surface area contributed by atoms with Crippen molar-refractivity contribution in [1.82, 2.24) is 0 Å². The first kappa shape index (κ1) is 20.5. The van der Waals surface area contributed by atoms with Crippen LogP contribution in [-0.4, -0.2) is 33.9 Å². The average Bonchev–Trinajstić information content (AvgIpc) is 2.98. The lowest BCUT2D eigenvalue weighted by Gasteiger charge is -2.19. The summed E-state index contributed by atoms with van der Waals surface area (Å²) >= 11 is 2.26. The maximum Gasteiger partial charge on any atom is 0.316 e. The van der Waals surface area contributed by atoms with Gasteiger partial charge < -0.3 is 9.47 Å². The molecule has 0 fully saturated rings. The van der Waals surface area contributed by atoms with Crippen molar-refractivity contribution >= 4 is 55.8 Å². The molecular formula is C21H21NO4S2. The van der Waals surface area contributed by atoms with Gasteiger partial charge in [-0.15, -0.1) is 0 Å². The molecule has 7 heteroatoms. The fraction of sp³-hybridized carbons (Fsp3) is 0.286. The Morgan fingerprint density at radius 1 is 1.18 bits per heavy atom. The lowest BCUT2D eigenvalue weighted by Crippen LogP contribution is -2.25. The zero-order chi connectivity index (χ0) is 20.3. The van der Waals surface area contributed by atoms with Crippen molar-refractivity contribution in [2.24, 2.45) is 4.99 Å². The van der Waals surface area contributed by atoms with Crippen LogP contribution in [0.25, 0.3) is 16.8 Å². The number of thioether (sulfide) groups is 2. The van der Waals surface area contributed by atoms with Crippen molar-refractivity contribution in [2.45, 2.75) is 26.4 Å². The molecule has 3 rings (SSSR count). The second-order valence-corrected chi connectivity index (χ2v) is 9.26. The molecule has 0 saturated heterocycles. The highest BCUT2D eigenvalue weighted by Gasteiger charge is 2.24. The average molecular weight is 416 g/mol. The molecule has 0 bridgehead atoms. The summed E-state index contributed by atoms with van der Waals surface area (Å²) in [4.78, 5) is 28.6. The molecule has 0 radical (unpaired) electrons. The molecule has 1 aliphatic heterocycles. The van der Waals surface area contributed by atoms with Gasteiger partial charge >= 0.3 is 5.97 Å². The van der Waals surface area contributed by atoms with Gasteiger partial charge in [0.25, 0.3) is 0 Å². The van der Waals surface area contributed by atoms with E-state index in [0.717, 1.165) is 33.8 Å². The van der Waals surface area contributed by atoms with Crippen molar-refractivity contribution in [1.29, 1.82) is 0 Å². The third-order valence-corrected chi connectivity index (χ3v) is 5.75. The predicted molar refractivity (Wildman–Crippen MR) is 117 cm³/mol. The minimum Gasteiger partial charge on any atom is -0.496 e. The van der Waals surface area contributed by atoms with Crippen molar-refractivity contribution in [3.05, 3.63) is 47.7 Å². The first-order valence-electron chi connectivity index (χ1n) is 8.70. The van der Waals surface area contributed by atoms with E-state index in [9.17, 15) is 9.59 Å². The van der Waals surface area contributed by atoms with Crippen LogP contribution in [0.3, 0.4) is 0 Å². The predicted octanol–water partition coefficient (Wildman–Crippen LogP) is 4.89. The first-order valence-corrected chi connectivity index (χ1v) is 10.5. The highest BCUT2D eigenvalue weighted by Crippen LogP contribution is 2.34. The van der Waals surface area contributed by atoms with Gasteiger partial charge in [-0.3, -0.25) is 9.59 Å². The summed E-state index contributed by atoms with van der Waals surface area (Å²) in [5.41, 5.74) is 0.730. The minimum absolute atomic E-state index is 0.120. The number of hydrogen-bond acceptors (Lipinski definition) is 7. The Labute approximate surface area is 172 Å². The number of esters is 1. The number of nitrogens with zero attached hydrogens (tertiary/aromatic N) is 1. The van der Waals surface area contributed by atoms with E-state index < -0.39 is 5.60 Å². The molecular weight excluding hydrogens is 394 g/mol. The molecule has 0 aliphatic carbocycles. The van der Waals surface area contributed by atoms with Crippen molar-refractivity contribution in [3.63, 3.8) is 0 Å². The van der Waals surface area contributed by atoms with Crippen molar-refractivity contribution in [3.8, 4) is 5.75 Å². The molecule has 0 unspecified atom stereocenters. The Hall–Kier alpha value is -2.25. The smallest absolute Gasteiger partial charge is 0.316 e. The Kier molecular flexibility index (Phi) is 6.15. The van der Waals surface area contributed by atoms with Crippen LogP contribution in [-0.2, 0) is 14.3 Å². The van der Waals surface area contributed by atoms with Crippen LogP contribution in [0, 0.1) is 0 Å². The quantitative estimate of drug-likeness (QED) is 0.523. The topological polar surface area (TPSA) is 65.0 Å². The van der Waals surface area contributed by atoms with Crippen LogP contribution < -0.4 is 4.74 Å². The normalized spacial score (nSPS) is 15.8. The van der Waals surface area contributed by atoms with Crippen LogP contribution in [0.1, 0.15) is 26.3 Å². The fourth-order valence-electron chi connectivity index (χ4n) is 2.69. The Morgan fingerprint density at radius 3 is 2.57 bits per heavy atom. The number of benzene rings is 2. The second kappa shape index (κ2) is 8.41. The number of hydrogen-bond donors (Lipinski definition) is 0. The summed E-state index contributed by atoms with van der Waals surface area (Å²) in [6, 6.07) is 11.6. The summed E-state index contributed by atoms with van der Waals surface area (Å²) < 4.78 is 11.2. The SMILES string of the molecule is COc1ccc(C=C2N=C(SCC(=O)OC(C)(C)C)SC2=O)c2ccccc12. The zero-order valence-electron chi connectivity index (χ0n) is 16.1. The largest absolute Gasteiger partial charge is 0.496 e. The highest BCUT2D eigenvalue weighted by molar-refractivity contribution is 8.45. The van der Waals surface area contributed by atoms with E-state index in [0.29, 0.717) is 10.1 Å². The molecule has 2 aromatic rings. The van der Waals surface area contributed by atoms with E-state index in [4.69, 9.17) is 9.47 Å². The number of rotatable bonds is 4. The van der Waals surface area contributed by atoms with Gasteiger partial charge in [0.2, 0.25) is 5.12 Å². The van der Waals surface area contributed by atoms with E-state index in [1.54, 1.807) is 13.2 Å². The molecule has 0 atom stereocenters. The summed E-state index contributed by atoms with van der Waals surface area (Å²) in [7, 11) is 1.63. The van der Waals surface area contributed by atoms with E-state index >= 15 is 0 Å². The van der Waals surface area contributed by atoms with Crippen LogP contribution in [0.2, 0.25) is 0 Å². The number of ether oxygens (including phenoxy) is 2.